The smallest absolute Gasteiger partial charge is 0.326 e. The largest absolute Gasteiger partial charge is 0.480 e. The molecule has 0 amide bonds. The Morgan fingerprint density at radius 1 is 1.09 bits per heavy atom. The van der Waals surface area contributed by atoms with Crippen molar-refractivity contribution in [2.45, 2.75) is 45.6 Å². The molecule has 32 heavy (non-hydrogen) atoms. The van der Waals surface area contributed by atoms with E-state index in [1.807, 2.05) is 80.7 Å². The SMILES string of the molecule is Cc1ccc(CCC(C(=O)O)n2c(C(C)C)nc3scc(-c4ccccc4)c3c2=O)cc1. The van der Waals surface area contributed by atoms with Crippen LogP contribution in [-0.4, -0.2) is 20.6 Å². The summed E-state index contributed by atoms with van der Waals surface area (Å²) in [6, 6.07) is 16.7. The zero-order chi connectivity index (χ0) is 22.8. The van der Waals surface area contributed by atoms with Gasteiger partial charge in [0, 0.05) is 16.9 Å². The Morgan fingerprint density at radius 2 is 1.78 bits per heavy atom. The second-order valence-electron chi connectivity index (χ2n) is 8.37. The molecule has 0 aliphatic heterocycles. The Kier molecular flexibility index (Phi) is 6.24. The predicted octanol–water partition coefficient (Wildman–Crippen LogP) is 5.82. The minimum atomic E-state index is -1.02. The van der Waals surface area contributed by atoms with Crippen LogP contribution >= 0.6 is 11.3 Å². The van der Waals surface area contributed by atoms with Crippen molar-refractivity contribution < 1.29 is 9.90 Å². The normalized spacial score (nSPS) is 12.4. The number of hydrogen-bond donors (Lipinski definition) is 1. The maximum atomic E-state index is 13.8. The van der Waals surface area contributed by atoms with Crippen molar-refractivity contribution in [2.24, 2.45) is 0 Å². The van der Waals surface area contributed by atoms with Crippen LogP contribution in [0.25, 0.3) is 21.3 Å². The summed E-state index contributed by atoms with van der Waals surface area (Å²) in [5.41, 5.74) is 3.65. The van der Waals surface area contributed by atoms with E-state index in [0.717, 1.165) is 22.3 Å². The van der Waals surface area contributed by atoms with Crippen molar-refractivity contribution in [2.75, 3.05) is 0 Å². The van der Waals surface area contributed by atoms with Crippen LogP contribution in [-0.2, 0) is 11.2 Å². The summed E-state index contributed by atoms with van der Waals surface area (Å²) in [6.45, 7) is 5.90. The average molecular weight is 447 g/mol. The van der Waals surface area contributed by atoms with Gasteiger partial charge in [-0.05, 0) is 30.9 Å². The fraction of sp³-hybridized carbons (Fsp3) is 0.269. The maximum Gasteiger partial charge on any atom is 0.326 e. The predicted molar refractivity (Wildman–Crippen MR) is 130 cm³/mol. The molecule has 2 aromatic heterocycles. The average Bonchev–Trinajstić information content (AvgIpc) is 3.21. The van der Waals surface area contributed by atoms with Gasteiger partial charge in [0.05, 0.1) is 5.39 Å². The minimum Gasteiger partial charge on any atom is -0.480 e. The monoisotopic (exact) mass is 446 g/mol. The molecule has 0 saturated carbocycles. The van der Waals surface area contributed by atoms with Crippen LogP contribution in [0.4, 0.5) is 0 Å². The summed E-state index contributed by atoms with van der Waals surface area (Å²) >= 11 is 1.42. The maximum absolute atomic E-state index is 13.8. The number of carboxylic acids is 1. The van der Waals surface area contributed by atoms with Crippen LogP contribution < -0.4 is 5.56 Å². The number of aromatic nitrogens is 2. The van der Waals surface area contributed by atoms with Gasteiger partial charge in [-0.1, -0.05) is 74.0 Å². The van der Waals surface area contributed by atoms with Crippen molar-refractivity contribution in [3.8, 4) is 11.1 Å². The molecule has 4 aromatic rings. The lowest BCUT2D eigenvalue weighted by Gasteiger charge is -2.21. The van der Waals surface area contributed by atoms with Gasteiger partial charge in [0.25, 0.3) is 5.56 Å². The summed E-state index contributed by atoms with van der Waals surface area (Å²) in [4.78, 5) is 31.5. The van der Waals surface area contributed by atoms with E-state index in [1.165, 1.54) is 15.9 Å². The van der Waals surface area contributed by atoms with Gasteiger partial charge in [-0.3, -0.25) is 9.36 Å². The molecule has 164 valence electrons. The first-order chi connectivity index (χ1) is 15.4. The van der Waals surface area contributed by atoms with E-state index in [1.54, 1.807) is 0 Å². The number of aryl methyl sites for hydroxylation is 2. The second-order valence-corrected chi connectivity index (χ2v) is 9.23. The Labute approximate surface area is 191 Å². The highest BCUT2D eigenvalue weighted by atomic mass is 32.1. The first-order valence-corrected chi connectivity index (χ1v) is 11.6. The van der Waals surface area contributed by atoms with Crippen molar-refractivity contribution >= 4 is 27.5 Å². The molecular formula is C26H26N2O3S. The first kappa shape index (κ1) is 22.0. The van der Waals surface area contributed by atoms with Gasteiger partial charge in [-0.15, -0.1) is 11.3 Å². The van der Waals surface area contributed by atoms with Gasteiger partial charge in [-0.25, -0.2) is 9.78 Å². The molecule has 0 spiro atoms. The summed E-state index contributed by atoms with van der Waals surface area (Å²) < 4.78 is 1.42. The van der Waals surface area contributed by atoms with Crippen LogP contribution in [0.15, 0.2) is 64.8 Å². The standard InChI is InChI=1S/C26H26N2O3S/c1-16(2)23-27-24-22(20(15-32-24)19-7-5-4-6-8-19)25(29)28(23)21(26(30)31)14-13-18-11-9-17(3)10-12-18/h4-12,15-16,21H,13-14H2,1-3H3,(H,30,31). The number of carbonyl (C=O) groups is 1. The van der Waals surface area contributed by atoms with Crippen LogP contribution in [0.1, 0.15) is 49.2 Å². The molecule has 0 saturated heterocycles. The molecule has 0 bridgehead atoms. The molecule has 0 aliphatic rings. The first-order valence-electron chi connectivity index (χ1n) is 10.7. The van der Waals surface area contributed by atoms with E-state index in [2.05, 4.69) is 0 Å². The quantitative estimate of drug-likeness (QED) is 0.388. The number of thiophene rings is 1. The molecule has 0 aliphatic carbocycles. The van der Waals surface area contributed by atoms with Gasteiger partial charge in [0.1, 0.15) is 16.7 Å². The molecule has 6 heteroatoms. The molecule has 2 aromatic carbocycles. The van der Waals surface area contributed by atoms with Crippen LogP contribution in [0.3, 0.4) is 0 Å². The Bertz CT molecular complexity index is 1300. The number of rotatable bonds is 7. The summed E-state index contributed by atoms with van der Waals surface area (Å²) in [7, 11) is 0. The fourth-order valence-electron chi connectivity index (χ4n) is 3.98. The Morgan fingerprint density at radius 3 is 2.41 bits per heavy atom. The van der Waals surface area contributed by atoms with Crippen molar-refractivity contribution in [3.63, 3.8) is 0 Å². The minimum absolute atomic E-state index is 0.0874. The lowest BCUT2D eigenvalue weighted by Crippen LogP contribution is -2.34. The molecule has 1 N–H and O–H groups in total. The highest BCUT2D eigenvalue weighted by molar-refractivity contribution is 7.17. The molecule has 2 heterocycles. The topological polar surface area (TPSA) is 72.2 Å². The molecule has 0 radical (unpaired) electrons. The second kappa shape index (κ2) is 9.09. The third-order valence-corrected chi connectivity index (χ3v) is 6.56. The van der Waals surface area contributed by atoms with Crippen LogP contribution in [0.2, 0.25) is 0 Å². The number of hydrogen-bond acceptors (Lipinski definition) is 4. The van der Waals surface area contributed by atoms with Gasteiger partial charge in [-0.2, -0.15) is 0 Å². The van der Waals surface area contributed by atoms with Gasteiger partial charge >= 0.3 is 5.97 Å². The third kappa shape index (κ3) is 4.23. The highest BCUT2D eigenvalue weighted by Gasteiger charge is 2.28. The summed E-state index contributed by atoms with van der Waals surface area (Å²) in [5, 5.41) is 12.5. The number of fused-ring (bicyclic) bond motifs is 1. The molecule has 5 nitrogen and oxygen atoms in total. The number of benzene rings is 2. The van der Waals surface area contributed by atoms with E-state index in [0.29, 0.717) is 28.9 Å². The van der Waals surface area contributed by atoms with Crippen molar-refractivity contribution in [3.05, 3.63) is 87.3 Å². The van der Waals surface area contributed by atoms with Crippen molar-refractivity contribution in [1.82, 2.24) is 9.55 Å². The lowest BCUT2D eigenvalue weighted by molar-refractivity contribution is -0.141. The zero-order valence-electron chi connectivity index (χ0n) is 18.4. The van der Waals surface area contributed by atoms with Gasteiger partial charge in [0.2, 0.25) is 0 Å². The number of aliphatic carboxylic acids is 1. The Hall–Kier alpha value is -3.25. The van der Waals surface area contributed by atoms with E-state index in [9.17, 15) is 14.7 Å². The number of nitrogens with zero attached hydrogens (tertiary/aromatic N) is 2. The van der Waals surface area contributed by atoms with E-state index in [-0.39, 0.29) is 11.5 Å². The van der Waals surface area contributed by atoms with Crippen LogP contribution in [0.5, 0.6) is 0 Å². The highest BCUT2D eigenvalue weighted by Crippen LogP contribution is 2.32. The van der Waals surface area contributed by atoms with E-state index >= 15 is 0 Å². The van der Waals surface area contributed by atoms with Crippen LogP contribution in [0, 0.1) is 6.92 Å². The lowest BCUT2D eigenvalue weighted by atomic mass is 10.0. The molecule has 0 fully saturated rings. The molecule has 1 unspecified atom stereocenters. The number of carboxylic acid groups (broad SMARTS) is 1. The summed E-state index contributed by atoms with van der Waals surface area (Å²) in [5.74, 6) is -0.588. The summed E-state index contributed by atoms with van der Waals surface area (Å²) in [6.07, 6.45) is 0.879. The zero-order valence-corrected chi connectivity index (χ0v) is 19.2. The van der Waals surface area contributed by atoms with E-state index < -0.39 is 12.0 Å². The van der Waals surface area contributed by atoms with Gasteiger partial charge in [0.15, 0.2) is 0 Å². The van der Waals surface area contributed by atoms with Crippen molar-refractivity contribution in [1.29, 1.82) is 0 Å². The third-order valence-electron chi connectivity index (χ3n) is 5.69. The van der Waals surface area contributed by atoms with E-state index in [4.69, 9.17) is 4.98 Å². The Balaban J connectivity index is 1.84. The molecule has 4 rings (SSSR count). The molecular weight excluding hydrogens is 420 g/mol. The van der Waals surface area contributed by atoms with Gasteiger partial charge < -0.3 is 5.11 Å². The fourth-order valence-corrected chi connectivity index (χ4v) is 4.92. The molecule has 1 atom stereocenters.